The standard InChI is InChI=1S/C20H18O2/c1-14(2)22-20(21)17-10-7-16(8-11-17)19-12-9-15-5-3-4-6-18(15)13-19/h3-14H,1-2H3. The Balaban J connectivity index is 1.89. The minimum absolute atomic E-state index is 0.104. The molecule has 0 amide bonds. The van der Waals surface area contributed by atoms with Crippen molar-refractivity contribution < 1.29 is 9.53 Å². The molecular weight excluding hydrogens is 272 g/mol. The molecule has 0 saturated carbocycles. The zero-order chi connectivity index (χ0) is 15.5. The van der Waals surface area contributed by atoms with Crippen molar-refractivity contribution >= 4 is 16.7 Å². The van der Waals surface area contributed by atoms with E-state index in [0.29, 0.717) is 5.56 Å². The average molecular weight is 290 g/mol. The van der Waals surface area contributed by atoms with Gasteiger partial charge in [-0.2, -0.15) is 0 Å². The first kappa shape index (κ1) is 14.3. The molecule has 2 heteroatoms. The summed E-state index contributed by atoms with van der Waals surface area (Å²) >= 11 is 0. The van der Waals surface area contributed by atoms with Crippen LogP contribution in [0.4, 0.5) is 0 Å². The second kappa shape index (κ2) is 6.02. The highest BCUT2D eigenvalue weighted by Gasteiger charge is 2.09. The summed E-state index contributed by atoms with van der Waals surface area (Å²) in [5.74, 6) is -0.278. The predicted octanol–water partition coefficient (Wildman–Crippen LogP) is 5.07. The number of rotatable bonds is 3. The van der Waals surface area contributed by atoms with Crippen molar-refractivity contribution in [2.24, 2.45) is 0 Å². The lowest BCUT2D eigenvalue weighted by Crippen LogP contribution is -2.11. The number of benzene rings is 3. The van der Waals surface area contributed by atoms with Crippen LogP contribution in [-0.4, -0.2) is 12.1 Å². The van der Waals surface area contributed by atoms with Crippen LogP contribution in [0.1, 0.15) is 24.2 Å². The molecule has 0 aromatic heterocycles. The first-order valence-electron chi connectivity index (χ1n) is 7.44. The zero-order valence-corrected chi connectivity index (χ0v) is 12.7. The number of fused-ring (bicyclic) bond motifs is 1. The van der Waals surface area contributed by atoms with Crippen LogP contribution in [-0.2, 0) is 4.74 Å². The summed E-state index contributed by atoms with van der Waals surface area (Å²) in [6.45, 7) is 3.70. The van der Waals surface area contributed by atoms with Gasteiger partial charge in [0.25, 0.3) is 0 Å². The van der Waals surface area contributed by atoms with Gasteiger partial charge in [-0.25, -0.2) is 4.79 Å². The van der Waals surface area contributed by atoms with Gasteiger partial charge in [0.15, 0.2) is 0 Å². The fraction of sp³-hybridized carbons (Fsp3) is 0.150. The third-order valence-corrected chi connectivity index (χ3v) is 3.55. The molecule has 0 aliphatic carbocycles. The van der Waals surface area contributed by atoms with Crippen molar-refractivity contribution in [3.63, 3.8) is 0 Å². The van der Waals surface area contributed by atoms with Crippen LogP contribution >= 0.6 is 0 Å². The molecule has 3 aromatic carbocycles. The molecule has 0 bridgehead atoms. The van der Waals surface area contributed by atoms with Gasteiger partial charge in [-0.3, -0.25) is 0 Å². The van der Waals surface area contributed by atoms with Crippen LogP contribution in [0, 0.1) is 0 Å². The predicted molar refractivity (Wildman–Crippen MR) is 89.9 cm³/mol. The van der Waals surface area contributed by atoms with Gasteiger partial charge in [-0.15, -0.1) is 0 Å². The molecule has 0 aliphatic rings. The molecule has 0 N–H and O–H groups in total. The molecule has 0 atom stereocenters. The number of ether oxygens (including phenoxy) is 1. The maximum absolute atomic E-state index is 11.9. The minimum atomic E-state index is -0.278. The van der Waals surface area contributed by atoms with Crippen LogP contribution in [0.25, 0.3) is 21.9 Å². The van der Waals surface area contributed by atoms with Gasteiger partial charge < -0.3 is 4.74 Å². The van der Waals surface area contributed by atoms with E-state index in [0.717, 1.165) is 11.1 Å². The van der Waals surface area contributed by atoms with E-state index in [4.69, 9.17) is 4.74 Å². The van der Waals surface area contributed by atoms with Crippen LogP contribution in [0.2, 0.25) is 0 Å². The maximum atomic E-state index is 11.9. The second-order valence-corrected chi connectivity index (χ2v) is 5.59. The largest absolute Gasteiger partial charge is 0.459 e. The second-order valence-electron chi connectivity index (χ2n) is 5.59. The highest BCUT2D eigenvalue weighted by molar-refractivity contribution is 5.91. The quantitative estimate of drug-likeness (QED) is 0.629. The maximum Gasteiger partial charge on any atom is 0.338 e. The van der Waals surface area contributed by atoms with Crippen molar-refractivity contribution in [1.82, 2.24) is 0 Å². The zero-order valence-electron chi connectivity index (χ0n) is 12.7. The summed E-state index contributed by atoms with van der Waals surface area (Å²) in [5.41, 5.74) is 2.81. The van der Waals surface area contributed by atoms with Crippen molar-refractivity contribution in [3.8, 4) is 11.1 Å². The SMILES string of the molecule is CC(C)OC(=O)c1ccc(-c2ccc3ccccc3c2)cc1. The summed E-state index contributed by atoms with van der Waals surface area (Å²) in [4.78, 5) is 11.9. The van der Waals surface area contributed by atoms with E-state index in [2.05, 4.69) is 30.3 Å². The van der Waals surface area contributed by atoms with Gasteiger partial charge in [0.1, 0.15) is 0 Å². The van der Waals surface area contributed by atoms with E-state index < -0.39 is 0 Å². The van der Waals surface area contributed by atoms with Crippen molar-refractivity contribution in [2.75, 3.05) is 0 Å². The van der Waals surface area contributed by atoms with Gasteiger partial charge in [0, 0.05) is 0 Å². The molecule has 22 heavy (non-hydrogen) atoms. The Morgan fingerprint density at radius 1 is 0.818 bits per heavy atom. The molecular formula is C20H18O2. The Labute approximate surface area is 130 Å². The Bertz CT molecular complexity index is 801. The monoisotopic (exact) mass is 290 g/mol. The van der Waals surface area contributed by atoms with Gasteiger partial charge >= 0.3 is 5.97 Å². The average Bonchev–Trinajstić information content (AvgIpc) is 2.54. The Kier molecular flexibility index (Phi) is 3.92. The fourth-order valence-electron chi connectivity index (χ4n) is 2.45. The highest BCUT2D eigenvalue weighted by atomic mass is 16.5. The van der Waals surface area contributed by atoms with Crippen molar-refractivity contribution in [3.05, 3.63) is 72.3 Å². The molecule has 3 rings (SSSR count). The molecule has 0 heterocycles. The lowest BCUT2D eigenvalue weighted by molar-refractivity contribution is 0.0378. The molecule has 0 radical (unpaired) electrons. The molecule has 0 unspecified atom stereocenters. The number of carbonyl (C=O) groups is 1. The van der Waals surface area contributed by atoms with Crippen LogP contribution in [0.3, 0.4) is 0 Å². The summed E-state index contributed by atoms with van der Waals surface area (Å²) in [6.07, 6.45) is -0.104. The van der Waals surface area contributed by atoms with Crippen LogP contribution in [0.15, 0.2) is 66.7 Å². The van der Waals surface area contributed by atoms with Gasteiger partial charge in [-0.05, 0) is 53.9 Å². The van der Waals surface area contributed by atoms with E-state index in [1.165, 1.54) is 10.8 Å². The molecule has 0 aliphatic heterocycles. The Morgan fingerprint density at radius 2 is 1.45 bits per heavy atom. The first-order valence-corrected chi connectivity index (χ1v) is 7.44. The molecule has 0 spiro atoms. The number of esters is 1. The minimum Gasteiger partial charge on any atom is -0.459 e. The van der Waals surface area contributed by atoms with E-state index >= 15 is 0 Å². The van der Waals surface area contributed by atoms with Crippen LogP contribution < -0.4 is 0 Å². The third-order valence-electron chi connectivity index (χ3n) is 3.55. The fourth-order valence-corrected chi connectivity index (χ4v) is 2.45. The smallest absolute Gasteiger partial charge is 0.338 e. The van der Waals surface area contributed by atoms with E-state index in [1.54, 1.807) is 0 Å². The van der Waals surface area contributed by atoms with Gasteiger partial charge in [-0.1, -0.05) is 48.5 Å². The Hall–Kier alpha value is -2.61. The Morgan fingerprint density at radius 3 is 2.14 bits per heavy atom. The first-order chi connectivity index (χ1) is 10.6. The van der Waals surface area contributed by atoms with Gasteiger partial charge in [0.05, 0.1) is 11.7 Å². The summed E-state index contributed by atoms with van der Waals surface area (Å²) in [5, 5.41) is 2.44. The highest BCUT2D eigenvalue weighted by Crippen LogP contribution is 2.24. The summed E-state index contributed by atoms with van der Waals surface area (Å²) in [7, 11) is 0. The molecule has 0 saturated heterocycles. The number of hydrogen-bond donors (Lipinski definition) is 0. The van der Waals surface area contributed by atoms with E-state index in [9.17, 15) is 4.79 Å². The number of hydrogen-bond acceptors (Lipinski definition) is 2. The lowest BCUT2D eigenvalue weighted by atomic mass is 10.0. The normalized spacial score (nSPS) is 10.9. The number of carbonyl (C=O) groups excluding carboxylic acids is 1. The lowest BCUT2D eigenvalue weighted by Gasteiger charge is -2.09. The third kappa shape index (κ3) is 3.01. The summed E-state index contributed by atoms with van der Waals surface area (Å²) in [6, 6.07) is 22.2. The summed E-state index contributed by atoms with van der Waals surface area (Å²) < 4.78 is 5.20. The van der Waals surface area contributed by atoms with E-state index in [1.807, 2.05) is 50.2 Å². The molecule has 0 fully saturated rings. The molecule has 110 valence electrons. The molecule has 3 aromatic rings. The van der Waals surface area contributed by atoms with Crippen LogP contribution in [0.5, 0.6) is 0 Å². The topological polar surface area (TPSA) is 26.3 Å². The van der Waals surface area contributed by atoms with Crippen molar-refractivity contribution in [2.45, 2.75) is 20.0 Å². The molecule has 2 nitrogen and oxygen atoms in total. The van der Waals surface area contributed by atoms with E-state index in [-0.39, 0.29) is 12.1 Å². The van der Waals surface area contributed by atoms with Crippen molar-refractivity contribution in [1.29, 1.82) is 0 Å². The van der Waals surface area contributed by atoms with Gasteiger partial charge in [0.2, 0.25) is 0 Å².